The molecule has 1 fully saturated rings. The number of hydrogen-bond donors (Lipinski definition) is 0. The lowest BCUT2D eigenvalue weighted by atomic mass is 10.1. The van der Waals surface area contributed by atoms with Crippen LogP contribution in [0.3, 0.4) is 0 Å². The van der Waals surface area contributed by atoms with E-state index in [1.54, 1.807) is 24.7 Å². The third-order valence-corrected chi connectivity index (χ3v) is 4.68. The van der Waals surface area contributed by atoms with Crippen LogP contribution in [-0.2, 0) is 6.42 Å². The van der Waals surface area contributed by atoms with Crippen LogP contribution in [0.4, 0.5) is 8.78 Å². The summed E-state index contributed by atoms with van der Waals surface area (Å²) in [6, 6.07) is 4.27. The first-order valence-electron chi connectivity index (χ1n) is 8.30. The Kier molecular flexibility index (Phi) is 5.48. The normalized spacial score (nSPS) is 17.8. The molecule has 128 valence electrons. The Morgan fingerprint density at radius 3 is 2.54 bits per heavy atom. The number of rotatable bonds is 5. The van der Waals surface area contributed by atoms with Crippen molar-refractivity contribution < 1.29 is 8.78 Å². The van der Waals surface area contributed by atoms with Gasteiger partial charge in [0.05, 0.1) is 5.69 Å². The summed E-state index contributed by atoms with van der Waals surface area (Å²) in [6.45, 7) is 6.78. The summed E-state index contributed by atoms with van der Waals surface area (Å²) < 4.78 is 26.5. The van der Waals surface area contributed by atoms with E-state index < -0.39 is 11.6 Å². The second-order valence-electron chi connectivity index (χ2n) is 6.17. The Labute approximate surface area is 141 Å². The molecular formula is C18H22F2N4. The van der Waals surface area contributed by atoms with Gasteiger partial charge in [-0.2, -0.15) is 0 Å². The van der Waals surface area contributed by atoms with E-state index in [-0.39, 0.29) is 6.04 Å². The minimum atomic E-state index is -0.792. The molecule has 6 heteroatoms. The first kappa shape index (κ1) is 16.9. The third-order valence-electron chi connectivity index (χ3n) is 4.68. The highest BCUT2D eigenvalue weighted by molar-refractivity contribution is 5.21. The number of aromatic nitrogens is 2. The van der Waals surface area contributed by atoms with E-state index in [9.17, 15) is 8.78 Å². The average Bonchev–Trinajstić information content (AvgIpc) is 2.63. The first-order chi connectivity index (χ1) is 11.6. The van der Waals surface area contributed by atoms with Gasteiger partial charge in [-0.05, 0) is 24.6 Å². The van der Waals surface area contributed by atoms with Crippen LogP contribution in [0.15, 0.2) is 36.8 Å². The van der Waals surface area contributed by atoms with Gasteiger partial charge in [-0.25, -0.2) is 8.78 Å². The van der Waals surface area contributed by atoms with Gasteiger partial charge in [0.2, 0.25) is 0 Å². The van der Waals surface area contributed by atoms with E-state index in [1.165, 1.54) is 12.1 Å². The van der Waals surface area contributed by atoms with Crippen molar-refractivity contribution in [1.82, 2.24) is 19.8 Å². The summed E-state index contributed by atoms with van der Waals surface area (Å²) >= 11 is 0. The number of nitrogens with zero attached hydrogens (tertiary/aromatic N) is 4. The lowest BCUT2D eigenvalue weighted by Gasteiger charge is -2.38. The molecule has 1 atom stereocenters. The lowest BCUT2D eigenvalue weighted by molar-refractivity contribution is 0.103. The molecule has 1 aromatic heterocycles. The predicted octanol–water partition coefficient (Wildman–Crippen LogP) is 2.68. The molecule has 0 amide bonds. The molecule has 0 N–H and O–H groups in total. The van der Waals surface area contributed by atoms with Crippen molar-refractivity contribution in [2.24, 2.45) is 0 Å². The summed E-state index contributed by atoms with van der Waals surface area (Å²) in [5, 5.41) is 0. The fourth-order valence-electron chi connectivity index (χ4n) is 3.09. The summed E-state index contributed by atoms with van der Waals surface area (Å²) in [7, 11) is 0. The Morgan fingerprint density at radius 1 is 1.08 bits per heavy atom. The van der Waals surface area contributed by atoms with Gasteiger partial charge in [-0.3, -0.25) is 14.9 Å². The molecule has 0 spiro atoms. The van der Waals surface area contributed by atoms with E-state index in [1.807, 2.05) is 6.92 Å². The Balaban J connectivity index is 1.50. The number of hydrogen-bond acceptors (Lipinski definition) is 4. The van der Waals surface area contributed by atoms with Gasteiger partial charge < -0.3 is 4.90 Å². The molecule has 1 unspecified atom stereocenters. The molecule has 2 aromatic rings. The van der Waals surface area contributed by atoms with Crippen LogP contribution < -0.4 is 0 Å². The van der Waals surface area contributed by atoms with Crippen LogP contribution in [0.5, 0.6) is 0 Å². The van der Waals surface area contributed by atoms with E-state index >= 15 is 0 Å². The fourth-order valence-corrected chi connectivity index (χ4v) is 3.09. The predicted molar refractivity (Wildman–Crippen MR) is 88.5 cm³/mol. The van der Waals surface area contributed by atoms with Gasteiger partial charge in [-0.1, -0.05) is 6.07 Å². The summed E-state index contributed by atoms with van der Waals surface area (Å²) in [4.78, 5) is 13.1. The highest BCUT2D eigenvalue weighted by Crippen LogP contribution is 2.23. The summed E-state index contributed by atoms with van der Waals surface area (Å²) in [6.07, 6.45) is 6.10. The molecule has 0 aliphatic carbocycles. The SMILES string of the molecule is CC(c1ccc(F)c(F)c1)N1CCN(CCc2cnccn2)CC1. The van der Waals surface area contributed by atoms with Crippen molar-refractivity contribution in [3.05, 3.63) is 59.7 Å². The van der Waals surface area contributed by atoms with Gasteiger partial charge in [0, 0.05) is 63.8 Å². The highest BCUT2D eigenvalue weighted by Gasteiger charge is 2.22. The zero-order valence-electron chi connectivity index (χ0n) is 13.8. The Hall–Kier alpha value is -1.92. The smallest absolute Gasteiger partial charge is 0.159 e. The fraction of sp³-hybridized carbons (Fsp3) is 0.444. The Bertz CT molecular complexity index is 657. The van der Waals surface area contributed by atoms with Gasteiger partial charge in [-0.15, -0.1) is 0 Å². The molecule has 1 aliphatic heterocycles. The van der Waals surface area contributed by atoms with Crippen molar-refractivity contribution in [2.45, 2.75) is 19.4 Å². The topological polar surface area (TPSA) is 32.3 Å². The molecule has 0 bridgehead atoms. The van der Waals surface area contributed by atoms with Crippen LogP contribution in [-0.4, -0.2) is 52.5 Å². The third kappa shape index (κ3) is 4.13. The van der Waals surface area contributed by atoms with Crippen LogP contribution in [0, 0.1) is 11.6 Å². The van der Waals surface area contributed by atoms with E-state index in [2.05, 4.69) is 19.8 Å². The lowest BCUT2D eigenvalue weighted by Crippen LogP contribution is -2.47. The second kappa shape index (κ2) is 7.77. The molecule has 2 heterocycles. The molecule has 0 saturated carbocycles. The largest absolute Gasteiger partial charge is 0.300 e. The van der Waals surface area contributed by atoms with Crippen molar-refractivity contribution in [3.63, 3.8) is 0 Å². The average molecular weight is 332 g/mol. The Morgan fingerprint density at radius 2 is 1.88 bits per heavy atom. The van der Waals surface area contributed by atoms with Crippen molar-refractivity contribution in [2.75, 3.05) is 32.7 Å². The standard InChI is InChI=1S/C18H22F2N4/c1-14(15-2-3-17(19)18(20)12-15)24-10-8-23(9-11-24)7-4-16-13-21-5-6-22-16/h2-3,5-6,12-14H,4,7-11H2,1H3. The zero-order valence-corrected chi connectivity index (χ0v) is 13.8. The minimum Gasteiger partial charge on any atom is -0.300 e. The highest BCUT2D eigenvalue weighted by atomic mass is 19.2. The van der Waals surface area contributed by atoms with Gasteiger partial charge in [0.1, 0.15) is 0 Å². The van der Waals surface area contributed by atoms with Crippen LogP contribution >= 0.6 is 0 Å². The summed E-state index contributed by atoms with van der Waals surface area (Å²) in [5.41, 5.74) is 1.83. The van der Waals surface area contributed by atoms with Crippen molar-refractivity contribution >= 4 is 0 Å². The molecule has 3 rings (SSSR count). The first-order valence-corrected chi connectivity index (χ1v) is 8.30. The van der Waals surface area contributed by atoms with Crippen LogP contribution in [0.1, 0.15) is 24.2 Å². The van der Waals surface area contributed by atoms with Crippen LogP contribution in [0.25, 0.3) is 0 Å². The number of benzene rings is 1. The molecule has 4 nitrogen and oxygen atoms in total. The maximum Gasteiger partial charge on any atom is 0.159 e. The molecular weight excluding hydrogens is 310 g/mol. The van der Waals surface area contributed by atoms with E-state index in [0.717, 1.165) is 50.4 Å². The van der Waals surface area contributed by atoms with E-state index in [4.69, 9.17) is 0 Å². The number of piperazine rings is 1. The summed E-state index contributed by atoms with van der Waals surface area (Å²) in [5.74, 6) is -1.57. The monoisotopic (exact) mass is 332 g/mol. The van der Waals surface area contributed by atoms with Gasteiger partial charge >= 0.3 is 0 Å². The van der Waals surface area contributed by atoms with Crippen LogP contribution in [0.2, 0.25) is 0 Å². The quantitative estimate of drug-likeness (QED) is 0.843. The van der Waals surface area contributed by atoms with E-state index in [0.29, 0.717) is 0 Å². The second-order valence-corrected chi connectivity index (χ2v) is 6.17. The molecule has 1 aromatic carbocycles. The maximum atomic E-state index is 13.4. The molecule has 24 heavy (non-hydrogen) atoms. The molecule has 1 aliphatic rings. The van der Waals surface area contributed by atoms with Crippen molar-refractivity contribution in [1.29, 1.82) is 0 Å². The van der Waals surface area contributed by atoms with Gasteiger partial charge in [0.25, 0.3) is 0 Å². The molecule has 1 saturated heterocycles. The number of halogens is 2. The van der Waals surface area contributed by atoms with Crippen molar-refractivity contribution in [3.8, 4) is 0 Å². The maximum absolute atomic E-state index is 13.4. The van der Waals surface area contributed by atoms with Gasteiger partial charge in [0.15, 0.2) is 11.6 Å². The molecule has 0 radical (unpaired) electrons. The zero-order chi connectivity index (χ0) is 16.9. The minimum absolute atomic E-state index is 0.0854.